The number of ether oxygens (including phenoxy) is 1. The standard InChI is InChI=1S/C21H21ClF3N4O2P/c1-31-12-13-8-9-14(10-15(13)21(23,24)25)27-20-26-11-16(22)19(29-20)28-17-6-4-5-7-18(17)32(2,3)30/h4-11H,12H2,1-3H3,(H2,26,27,28,29). The minimum atomic E-state index is -4.54. The molecular weight excluding hydrogens is 464 g/mol. The third kappa shape index (κ3) is 5.79. The Bertz CT molecular complexity index is 1170. The molecule has 0 aliphatic heterocycles. The van der Waals surface area contributed by atoms with Gasteiger partial charge in [0.25, 0.3) is 0 Å². The largest absolute Gasteiger partial charge is 0.416 e. The van der Waals surface area contributed by atoms with Crippen molar-refractivity contribution in [2.24, 2.45) is 0 Å². The number of para-hydroxylation sites is 1. The lowest BCUT2D eigenvalue weighted by molar-refractivity contribution is -0.138. The van der Waals surface area contributed by atoms with E-state index in [9.17, 15) is 17.7 Å². The Kier molecular flexibility index (Phi) is 7.12. The Morgan fingerprint density at radius 3 is 2.50 bits per heavy atom. The molecule has 0 spiro atoms. The fraction of sp³-hybridized carbons (Fsp3) is 0.238. The van der Waals surface area contributed by atoms with Gasteiger partial charge in [-0.15, -0.1) is 0 Å². The molecule has 0 bridgehead atoms. The van der Waals surface area contributed by atoms with E-state index >= 15 is 0 Å². The van der Waals surface area contributed by atoms with E-state index in [1.807, 2.05) is 0 Å². The molecule has 0 aliphatic carbocycles. The highest BCUT2D eigenvalue weighted by Gasteiger charge is 2.33. The molecule has 6 nitrogen and oxygen atoms in total. The fourth-order valence-electron chi connectivity index (χ4n) is 3.02. The zero-order valence-corrected chi connectivity index (χ0v) is 19.1. The average Bonchev–Trinajstić information content (AvgIpc) is 2.70. The van der Waals surface area contributed by atoms with Crippen molar-refractivity contribution in [3.8, 4) is 0 Å². The summed E-state index contributed by atoms with van der Waals surface area (Å²) in [5.41, 5.74) is -0.0783. The normalized spacial score (nSPS) is 12.0. The zero-order valence-electron chi connectivity index (χ0n) is 17.5. The van der Waals surface area contributed by atoms with E-state index < -0.39 is 18.9 Å². The molecule has 32 heavy (non-hydrogen) atoms. The number of aromatic nitrogens is 2. The van der Waals surface area contributed by atoms with Crippen molar-refractivity contribution in [3.05, 3.63) is 64.8 Å². The average molecular weight is 485 g/mol. The number of halogens is 4. The molecule has 0 fully saturated rings. The number of hydrogen-bond donors (Lipinski definition) is 2. The van der Waals surface area contributed by atoms with Crippen LogP contribution in [0.2, 0.25) is 5.02 Å². The molecule has 0 unspecified atom stereocenters. The van der Waals surface area contributed by atoms with Gasteiger partial charge in [-0.2, -0.15) is 18.2 Å². The van der Waals surface area contributed by atoms with Gasteiger partial charge in [-0.05, 0) is 43.2 Å². The maximum atomic E-state index is 13.4. The van der Waals surface area contributed by atoms with Crippen molar-refractivity contribution in [2.45, 2.75) is 12.8 Å². The molecule has 170 valence electrons. The molecular formula is C21H21ClF3N4O2P. The molecule has 11 heteroatoms. The predicted octanol–water partition coefficient (Wildman–Crippen LogP) is 6.03. The summed E-state index contributed by atoms with van der Waals surface area (Å²) < 4.78 is 57.7. The van der Waals surface area contributed by atoms with E-state index in [-0.39, 0.29) is 34.6 Å². The second-order valence-corrected chi connectivity index (χ2v) is 10.9. The second-order valence-electron chi connectivity index (χ2n) is 7.31. The van der Waals surface area contributed by atoms with Gasteiger partial charge in [-0.1, -0.05) is 29.8 Å². The Morgan fingerprint density at radius 2 is 1.84 bits per heavy atom. The lowest BCUT2D eigenvalue weighted by atomic mass is 10.1. The van der Waals surface area contributed by atoms with E-state index in [4.69, 9.17) is 16.3 Å². The van der Waals surface area contributed by atoms with Gasteiger partial charge in [0.05, 0.1) is 24.1 Å². The predicted molar refractivity (Wildman–Crippen MR) is 121 cm³/mol. The molecule has 0 saturated heterocycles. The van der Waals surface area contributed by atoms with Crippen LogP contribution < -0.4 is 15.9 Å². The van der Waals surface area contributed by atoms with Gasteiger partial charge in [-0.25, -0.2) is 4.98 Å². The number of alkyl halides is 3. The van der Waals surface area contributed by atoms with Gasteiger partial charge in [0, 0.05) is 18.1 Å². The van der Waals surface area contributed by atoms with Crippen molar-refractivity contribution in [2.75, 3.05) is 31.1 Å². The highest BCUT2D eigenvalue weighted by Crippen LogP contribution is 2.39. The molecule has 1 heterocycles. The van der Waals surface area contributed by atoms with Crippen LogP contribution in [-0.4, -0.2) is 30.4 Å². The van der Waals surface area contributed by atoms with Crippen LogP contribution in [0.4, 0.5) is 36.3 Å². The summed E-state index contributed by atoms with van der Waals surface area (Å²) in [7, 11) is -1.26. The van der Waals surface area contributed by atoms with Crippen LogP contribution in [-0.2, 0) is 22.1 Å². The Balaban J connectivity index is 1.92. The minimum Gasteiger partial charge on any atom is -0.380 e. The molecule has 0 amide bonds. The number of nitrogens with zero attached hydrogens (tertiary/aromatic N) is 2. The van der Waals surface area contributed by atoms with Crippen molar-refractivity contribution >= 4 is 47.2 Å². The third-order valence-electron chi connectivity index (χ3n) is 4.45. The molecule has 2 N–H and O–H groups in total. The molecule has 0 aliphatic rings. The molecule has 0 atom stereocenters. The van der Waals surface area contributed by atoms with Gasteiger partial charge in [-0.3, -0.25) is 0 Å². The number of methoxy groups -OCH3 is 1. The monoisotopic (exact) mass is 484 g/mol. The first-order valence-corrected chi connectivity index (χ1v) is 12.4. The summed E-state index contributed by atoms with van der Waals surface area (Å²) in [5.74, 6) is 0.260. The second kappa shape index (κ2) is 9.48. The van der Waals surface area contributed by atoms with Gasteiger partial charge in [0.15, 0.2) is 5.82 Å². The first kappa shape index (κ1) is 24.0. The molecule has 3 aromatic rings. The maximum Gasteiger partial charge on any atom is 0.416 e. The molecule has 0 saturated carbocycles. The summed E-state index contributed by atoms with van der Waals surface area (Å²) in [6.45, 7) is 3.12. The zero-order chi connectivity index (χ0) is 23.5. The van der Waals surface area contributed by atoms with E-state index in [0.29, 0.717) is 11.0 Å². The number of benzene rings is 2. The van der Waals surface area contributed by atoms with Crippen LogP contribution in [0, 0.1) is 0 Å². The van der Waals surface area contributed by atoms with E-state index in [2.05, 4.69) is 20.6 Å². The van der Waals surface area contributed by atoms with Gasteiger partial charge >= 0.3 is 6.18 Å². The van der Waals surface area contributed by atoms with Crippen LogP contribution in [0.25, 0.3) is 0 Å². The smallest absolute Gasteiger partial charge is 0.380 e. The van der Waals surface area contributed by atoms with E-state index in [1.54, 1.807) is 37.6 Å². The minimum absolute atomic E-state index is 0.0186. The highest BCUT2D eigenvalue weighted by atomic mass is 35.5. The van der Waals surface area contributed by atoms with Crippen LogP contribution >= 0.6 is 18.7 Å². The van der Waals surface area contributed by atoms with Crippen LogP contribution in [0.1, 0.15) is 11.1 Å². The van der Waals surface area contributed by atoms with E-state index in [0.717, 1.165) is 6.07 Å². The molecule has 1 aromatic heterocycles. The summed E-state index contributed by atoms with van der Waals surface area (Å²) >= 11 is 6.21. The van der Waals surface area contributed by atoms with Crippen LogP contribution in [0.15, 0.2) is 48.7 Å². The highest BCUT2D eigenvalue weighted by molar-refractivity contribution is 7.70. The van der Waals surface area contributed by atoms with Crippen LogP contribution in [0.3, 0.4) is 0 Å². The fourth-order valence-corrected chi connectivity index (χ4v) is 4.31. The number of hydrogen-bond acceptors (Lipinski definition) is 6. The topological polar surface area (TPSA) is 76.1 Å². The van der Waals surface area contributed by atoms with Gasteiger partial charge < -0.3 is 19.9 Å². The Labute approximate surface area is 188 Å². The maximum absolute atomic E-state index is 13.4. The lowest BCUT2D eigenvalue weighted by Crippen LogP contribution is -2.12. The Hall–Kier alpha value is -2.61. The number of anilines is 4. The van der Waals surface area contributed by atoms with Crippen LogP contribution in [0.5, 0.6) is 0 Å². The Morgan fingerprint density at radius 1 is 1.12 bits per heavy atom. The molecule has 2 aromatic carbocycles. The van der Waals surface area contributed by atoms with Crippen molar-refractivity contribution in [1.82, 2.24) is 9.97 Å². The van der Waals surface area contributed by atoms with Gasteiger partial charge in [0.2, 0.25) is 5.95 Å². The summed E-state index contributed by atoms with van der Waals surface area (Å²) in [6, 6.07) is 10.8. The summed E-state index contributed by atoms with van der Waals surface area (Å²) in [6.07, 6.45) is -3.22. The van der Waals surface area contributed by atoms with Crippen molar-refractivity contribution < 1.29 is 22.5 Å². The van der Waals surface area contributed by atoms with E-state index in [1.165, 1.54) is 25.4 Å². The third-order valence-corrected chi connectivity index (χ3v) is 6.28. The summed E-state index contributed by atoms with van der Waals surface area (Å²) in [4.78, 5) is 8.32. The number of nitrogens with one attached hydrogen (secondary N) is 2. The number of rotatable bonds is 7. The lowest BCUT2D eigenvalue weighted by Gasteiger charge is -2.16. The van der Waals surface area contributed by atoms with Crippen molar-refractivity contribution in [1.29, 1.82) is 0 Å². The first-order chi connectivity index (χ1) is 15.0. The SMILES string of the molecule is COCc1ccc(Nc2ncc(Cl)c(Nc3ccccc3P(C)(C)=O)n2)cc1C(F)(F)F. The molecule has 3 rings (SSSR count). The molecule has 0 radical (unpaired) electrons. The summed E-state index contributed by atoms with van der Waals surface area (Å²) in [5, 5.41) is 6.62. The first-order valence-electron chi connectivity index (χ1n) is 9.39. The quantitative estimate of drug-likeness (QED) is 0.399. The van der Waals surface area contributed by atoms with Gasteiger partial charge in [0.1, 0.15) is 12.2 Å². The van der Waals surface area contributed by atoms with Crippen molar-refractivity contribution in [3.63, 3.8) is 0 Å².